The summed E-state index contributed by atoms with van der Waals surface area (Å²) in [6, 6.07) is 4.19. The van der Waals surface area contributed by atoms with Crippen LogP contribution in [0.5, 0.6) is 0 Å². The van der Waals surface area contributed by atoms with Crippen molar-refractivity contribution in [1.29, 1.82) is 0 Å². The van der Waals surface area contributed by atoms with Crippen molar-refractivity contribution < 1.29 is 9.53 Å². The van der Waals surface area contributed by atoms with Crippen LogP contribution in [0, 0.1) is 24.7 Å². The van der Waals surface area contributed by atoms with E-state index < -0.39 is 0 Å². The van der Waals surface area contributed by atoms with Crippen LogP contribution in [0.4, 0.5) is 0 Å². The summed E-state index contributed by atoms with van der Waals surface area (Å²) in [5.74, 6) is 6.96. The van der Waals surface area contributed by atoms with Crippen LogP contribution in [0.3, 0.4) is 0 Å². The summed E-state index contributed by atoms with van der Waals surface area (Å²) in [5, 5.41) is 0. The number of hydrogen-bond donors (Lipinski definition) is 0. The first-order chi connectivity index (χ1) is 9.13. The second kappa shape index (κ2) is 5.93. The lowest BCUT2D eigenvalue weighted by atomic mass is 9.94. The monoisotopic (exact) mass is 256 g/mol. The molecule has 0 spiro atoms. The van der Waals surface area contributed by atoms with Crippen LogP contribution in [0.15, 0.2) is 12.1 Å². The lowest BCUT2D eigenvalue weighted by Gasteiger charge is -2.11. The second-order valence-corrected chi connectivity index (χ2v) is 5.08. The van der Waals surface area contributed by atoms with Crippen molar-refractivity contribution in [2.75, 3.05) is 7.11 Å². The molecule has 0 unspecified atom stereocenters. The number of hydrogen-bond acceptors (Lipinski definition) is 2. The van der Waals surface area contributed by atoms with E-state index in [9.17, 15) is 4.79 Å². The third-order valence-corrected chi connectivity index (χ3v) is 3.49. The SMILES string of the molecule is CCc1cc(C#CC2CC2)cc(C)c1CC(=O)OC. The highest BCUT2D eigenvalue weighted by Crippen LogP contribution is 2.28. The number of benzene rings is 1. The van der Waals surface area contributed by atoms with E-state index in [1.807, 2.05) is 6.92 Å². The third kappa shape index (κ3) is 3.61. The Labute approximate surface area is 115 Å². The molecule has 2 heteroatoms. The Hall–Kier alpha value is -1.75. The van der Waals surface area contributed by atoms with Gasteiger partial charge in [-0.15, -0.1) is 0 Å². The van der Waals surface area contributed by atoms with Crippen LogP contribution in [0.1, 0.15) is 42.0 Å². The van der Waals surface area contributed by atoms with Crippen molar-refractivity contribution in [2.24, 2.45) is 5.92 Å². The zero-order valence-corrected chi connectivity index (χ0v) is 11.9. The maximum atomic E-state index is 11.5. The van der Waals surface area contributed by atoms with E-state index in [-0.39, 0.29) is 5.97 Å². The summed E-state index contributed by atoms with van der Waals surface area (Å²) in [5.41, 5.74) is 4.48. The summed E-state index contributed by atoms with van der Waals surface area (Å²) < 4.78 is 4.76. The lowest BCUT2D eigenvalue weighted by Crippen LogP contribution is -2.08. The first kappa shape index (κ1) is 13.7. The minimum atomic E-state index is -0.186. The van der Waals surface area contributed by atoms with Crippen LogP contribution in [-0.2, 0) is 22.4 Å². The average molecular weight is 256 g/mol. The summed E-state index contributed by atoms with van der Waals surface area (Å²) >= 11 is 0. The predicted octanol–water partition coefficient (Wildman–Crippen LogP) is 3.03. The topological polar surface area (TPSA) is 26.3 Å². The van der Waals surface area contributed by atoms with Crippen molar-refractivity contribution in [1.82, 2.24) is 0 Å². The van der Waals surface area contributed by atoms with Crippen molar-refractivity contribution in [3.63, 3.8) is 0 Å². The zero-order chi connectivity index (χ0) is 13.8. The van der Waals surface area contributed by atoms with Gasteiger partial charge in [0.2, 0.25) is 0 Å². The van der Waals surface area contributed by atoms with E-state index in [2.05, 4.69) is 30.9 Å². The third-order valence-electron chi connectivity index (χ3n) is 3.49. The molecule has 100 valence electrons. The number of methoxy groups -OCH3 is 1. The highest BCUT2D eigenvalue weighted by Gasteiger charge is 2.18. The largest absolute Gasteiger partial charge is 0.469 e. The Morgan fingerprint density at radius 2 is 2.16 bits per heavy atom. The van der Waals surface area contributed by atoms with Gasteiger partial charge in [0.05, 0.1) is 13.5 Å². The highest BCUT2D eigenvalue weighted by molar-refractivity contribution is 5.73. The van der Waals surface area contributed by atoms with Crippen molar-refractivity contribution >= 4 is 5.97 Å². The fourth-order valence-electron chi connectivity index (χ4n) is 2.16. The fraction of sp³-hybridized carbons (Fsp3) is 0.471. The van der Waals surface area contributed by atoms with Gasteiger partial charge in [0, 0.05) is 11.5 Å². The maximum absolute atomic E-state index is 11.5. The molecular formula is C17H20O2. The average Bonchev–Trinajstić information content (AvgIpc) is 3.22. The van der Waals surface area contributed by atoms with E-state index >= 15 is 0 Å². The molecule has 0 heterocycles. The van der Waals surface area contributed by atoms with E-state index in [0.717, 1.165) is 23.1 Å². The molecule has 1 aliphatic carbocycles. The zero-order valence-electron chi connectivity index (χ0n) is 11.9. The molecule has 1 saturated carbocycles. The molecule has 2 rings (SSSR count). The number of aryl methyl sites for hydroxylation is 2. The number of carbonyl (C=O) groups excluding carboxylic acids is 1. The van der Waals surface area contributed by atoms with Gasteiger partial charge in [-0.1, -0.05) is 18.8 Å². The standard InChI is InChI=1S/C17H20O2/c1-4-15-10-14(8-7-13-5-6-13)9-12(2)16(15)11-17(18)19-3/h9-10,13H,4-6,11H2,1-3H3. The van der Waals surface area contributed by atoms with Crippen molar-refractivity contribution in [3.05, 3.63) is 34.4 Å². The summed E-state index contributed by atoms with van der Waals surface area (Å²) in [4.78, 5) is 11.5. The molecule has 0 aliphatic heterocycles. The molecule has 19 heavy (non-hydrogen) atoms. The van der Waals surface area contributed by atoms with Gasteiger partial charge in [-0.05, 0) is 55.0 Å². The molecule has 1 fully saturated rings. The quantitative estimate of drug-likeness (QED) is 0.614. The summed E-state index contributed by atoms with van der Waals surface area (Å²) in [7, 11) is 1.43. The highest BCUT2D eigenvalue weighted by atomic mass is 16.5. The fourth-order valence-corrected chi connectivity index (χ4v) is 2.16. The molecule has 0 bridgehead atoms. The van der Waals surface area contributed by atoms with Gasteiger partial charge >= 0.3 is 5.97 Å². The Morgan fingerprint density at radius 1 is 1.42 bits per heavy atom. The van der Waals surface area contributed by atoms with Gasteiger partial charge < -0.3 is 4.74 Å². The Morgan fingerprint density at radius 3 is 2.74 bits per heavy atom. The molecule has 2 nitrogen and oxygen atoms in total. The number of esters is 1. The minimum Gasteiger partial charge on any atom is -0.469 e. The van der Waals surface area contributed by atoms with E-state index in [4.69, 9.17) is 4.74 Å². The molecule has 0 radical (unpaired) electrons. The first-order valence-electron chi connectivity index (χ1n) is 6.84. The summed E-state index contributed by atoms with van der Waals surface area (Å²) in [6.07, 6.45) is 3.74. The Bertz CT molecular complexity index is 542. The predicted molar refractivity (Wildman–Crippen MR) is 75.9 cm³/mol. The normalized spacial score (nSPS) is 13.6. The molecular weight excluding hydrogens is 236 g/mol. The molecule has 1 aromatic carbocycles. The van der Waals surface area contributed by atoms with Crippen LogP contribution in [0.25, 0.3) is 0 Å². The van der Waals surface area contributed by atoms with Crippen LogP contribution < -0.4 is 0 Å². The van der Waals surface area contributed by atoms with Gasteiger partial charge in [0.15, 0.2) is 0 Å². The van der Waals surface area contributed by atoms with Crippen molar-refractivity contribution in [2.45, 2.75) is 39.5 Å². The van der Waals surface area contributed by atoms with Crippen LogP contribution in [-0.4, -0.2) is 13.1 Å². The summed E-state index contributed by atoms with van der Waals surface area (Å²) in [6.45, 7) is 4.15. The number of carbonyl (C=O) groups is 1. The van der Waals surface area contributed by atoms with Crippen LogP contribution in [0.2, 0.25) is 0 Å². The van der Waals surface area contributed by atoms with Gasteiger partial charge in [-0.3, -0.25) is 4.79 Å². The lowest BCUT2D eigenvalue weighted by molar-refractivity contribution is -0.139. The van der Waals surface area contributed by atoms with E-state index in [0.29, 0.717) is 12.3 Å². The number of ether oxygens (including phenoxy) is 1. The number of rotatable bonds is 3. The Balaban J connectivity index is 2.29. The van der Waals surface area contributed by atoms with E-state index in [1.165, 1.54) is 25.5 Å². The molecule has 0 saturated heterocycles. The van der Waals surface area contributed by atoms with E-state index in [1.54, 1.807) is 0 Å². The van der Waals surface area contributed by atoms with Crippen molar-refractivity contribution in [3.8, 4) is 11.8 Å². The molecule has 1 aromatic rings. The van der Waals surface area contributed by atoms with Crippen LogP contribution >= 0.6 is 0 Å². The van der Waals surface area contributed by atoms with Gasteiger partial charge in [-0.2, -0.15) is 0 Å². The maximum Gasteiger partial charge on any atom is 0.309 e. The molecule has 0 N–H and O–H groups in total. The van der Waals surface area contributed by atoms with Gasteiger partial charge in [-0.25, -0.2) is 0 Å². The molecule has 1 aliphatic rings. The molecule has 0 amide bonds. The van der Waals surface area contributed by atoms with Gasteiger partial charge in [0.1, 0.15) is 0 Å². The van der Waals surface area contributed by atoms with Gasteiger partial charge in [0.25, 0.3) is 0 Å². The Kier molecular flexibility index (Phi) is 4.27. The minimum absolute atomic E-state index is 0.186. The second-order valence-electron chi connectivity index (χ2n) is 5.08. The smallest absolute Gasteiger partial charge is 0.309 e. The molecule has 0 atom stereocenters. The molecule has 0 aromatic heterocycles. The first-order valence-corrected chi connectivity index (χ1v) is 6.84.